The van der Waals surface area contributed by atoms with Gasteiger partial charge in [-0.3, -0.25) is 9.59 Å². The van der Waals surface area contributed by atoms with E-state index < -0.39 is 36.2 Å². The molecule has 0 bridgehead atoms. The number of ether oxygens (including phenoxy) is 1. The van der Waals surface area contributed by atoms with Crippen LogP contribution in [0.1, 0.15) is 72.6 Å². The molecule has 190 valence electrons. The molecule has 0 aromatic carbocycles. The summed E-state index contributed by atoms with van der Waals surface area (Å²) >= 11 is 0. The van der Waals surface area contributed by atoms with Crippen molar-refractivity contribution >= 4 is 11.9 Å². The van der Waals surface area contributed by atoms with Gasteiger partial charge in [-0.15, -0.1) is 0 Å². The molecular formula is C27H41NO6. The Balaban J connectivity index is 2.26. The van der Waals surface area contributed by atoms with Gasteiger partial charge in [0.15, 0.2) is 0 Å². The summed E-state index contributed by atoms with van der Waals surface area (Å²) in [7, 11) is 0. The molecule has 0 saturated heterocycles. The fourth-order valence-corrected chi connectivity index (χ4v) is 5.50. The second kappa shape index (κ2) is 13.1. The lowest BCUT2D eigenvalue weighted by Gasteiger charge is -2.38. The number of allylic oxidation sites excluding steroid dienone is 2. The maximum Gasteiger partial charge on any atom is 0.308 e. The molecule has 1 fully saturated rings. The van der Waals surface area contributed by atoms with Gasteiger partial charge >= 0.3 is 11.9 Å². The largest absolute Gasteiger partial charge is 0.481 e. The van der Waals surface area contributed by atoms with E-state index in [2.05, 4.69) is 19.9 Å². The first-order valence-corrected chi connectivity index (χ1v) is 12.6. The average Bonchev–Trinajstić information content (AvgIpc) is 2.70. The van der Waals surface area contributed by atoms with Crippen molar-refractivity contribution in [2.24, 2.45) is 35.5 Å². The normalized spacial score (nSPS) is 41.4. The lowest BCUT2D eigenvalue weighted by molar-refractivity contribution is -0.165. The van der Waals surface area contributed by atoms with E-state index in [1.54, 1.807) is 18.2 Å². The number of hydrogen-bond donors (Lipinski definition) is 3. The van der Waals surface area contributed by atoms with Gasteiger partial charge in [0.1, 0.15) is 6.10 Å². The summed E-state index contributed by atoms with van der Waals surface area (Å²) in [6.07, 6.45) is 6.55. The maximum absolute atomic E-state index is 12.6. The van der Waals surface area contributed by atoms with Crippen molar-refractivity contribution < 1.29 is 29.6 Å². The first-order chi connectivity index (χ1) is 16.0. The van der Waals surface area contributed by atoms with Crippen molar-refractivity contribution in [2.45, 2.75) is 91.0 Å². The number of aliphatic hydroxyl groups is 2. The van der Waals surface area contributed by atoms with Crippen LogP contribution in [-0.2, 0) is 14.3 Å². The highest BCUT2D eigenvalue weighted by molar-refractivity contribution is 5.72. The third-order valence-corrected chi connectivity index (χ3v) is 7.56. The molecule has 3 N–H and O–H groups in total. The van der Waals surface area contributed by atoms with Crippen molar-refractivity contribution in [3.8, 4) is 6.07 Å². The minimum absolute atomic E-state index is 0.0802. The number of cyclic esters (lactones) is 1. The van der Waals surface area contributed by atoms with E-state index in [1.807, 2.05) is 13.8 Å². The molecule has 0 spiro atoms. The number of hydrogen-bond acceptors (Lipinski definition) is 6. The van der Waals surface area contributed by atoms with Gasteiger partial charge in [0, 0.05) is 12.3 Å². The summed E-state index contributed by atoms with van der Waals surface area (Å²) in [4.78, 5) is 24.2. The third-order valence-electron chi connectivity index (χ3n) is 7.56. The van der Waals surface area contributed by atoms with Crippen molar-refractivity contribution in [3.05, 3.63) is 23.8 Å². The van der Waals surface area contributed by atoms with Gasteiger partial charge in [-0.1, -0.05) is 39.8 Å². The maximum atomic E-state index is 12.6. The van der Waals surface area contributed by atoms with Crippen molar-refractivity contribution in [3.63, 3.8) is 0 Å². The number of aliphatic hydroxyl groups excluding tert-OH is 2. The van der Waals surface area contributed by atoms with Crippen LogP contribution in [0.25, 0.3) is 0 Å². The summed E-state index contributed by atoms with van der Waals surface area (Å²) in [5.41, 5.74) is 0.280. The van der Waals surface area contributed by atoms with E-state index in [4.69, 9.17) is 4.74 Å². The molecule has 0 aromatic heterocycles. The molecule has 7 nitrogen and oxygen atoms in total. The van der Waals surface area contributed by atoms with Crippen LogP contribution in [0.2, 0.25) is 0 Å². The van der Waals surface area contributed by atoms with Gasteiger partial charge < -0.3 is 20.1 Å². The fourth-order valence-electron chi connectivity index (χ4n) is 5.50. The summed E-state index contributed by atoms with van der Waals surface area (Å²) in [6.45, 7) is 8.14. The minimum Gasteiger partial charge on any atom is -0.481 e. The SMILES string of the molecule is C[C@@H]1C[C@H](C)C[C@H](C)[C@@H](O)CC(=O)O[C@H]([C@@H]2CC[C@H]2C(=O)O)C/C=C/C=C(/C#N)[C@H](O)[C@@H](C)C1. The highest BCUT2D eigenvalue weighted by Gasteiger charge is 2.43. The Bertz CT molecular complexity index is 799. The zero-order chi connectivity index (χ0) is 25.4. The number of nitrogens with zero attached hydrogens (tertiary/aromatic N) is 1. The number of esters is 1. The summed E-state index contributed by atoms with van der Waals surface area (Å²) < 4.78 is 5.69. The third kappa shape index (κ3) is 7.95. The quantitative estimate of drug-likeness (QED) is 0.509. The Hall–Kier alpha value is -2.17. The zero-order valence-corrected chi connectivity index (χ0v) is 20.9. The predicted molar refractivity (Wildman–Crippen MR) is 128 cm³/mol. The lowest BCUT2D eigenvalue weighted by Crippen LogP contribution is -2.42. The van der Waals surface area contributed by atoms with Gasteiger partial charge in [0.05, 0.1) is 36.2 Å². The average molecular weight is 476 g/mol. The van der Waals surface area contributed by atoms with E-state index >= 15 is 0 Å². The predicted octanol–water partition coefficient (Wildman–Crippen LogP) is 4.25. The standard InChI is InChI=1S/C27H41NO6/c1-16-11-17(2)13-19(4)26(31)20(15-28)7-5-6-8-24(21-9-10-22(21)27(32)33)34-25(30)14-23(29)18(3)12-16/h5-7,16-19,21-24,26,29,31H,8-14H2,1-4H3,(H,32,33)/b6-5+,20-7-/t16-,17+,18-,19-,21+,22+,23-,24-,26+/m0/s1. The van der Waals surface area contributed by atoms with E-state index in [-0.39, 0.29) is 29.7 Å². The lowest BCUT2D eigenvalue weighted by atomic mass is 9.70. The summed E-state index contributed by atoms with van der Waals surface area (Å²) in [5.74, 6) is -1.74. The Labute approximate surface area is 203 Å². The van der Waals surface area contributed by atoms with E-state index in [0.717, 1.165) is 19.3 Å². The summed E-state index contributed by atoms with van der Waals surface area (Å²) in [6, 6.07) is 2.09. The molecule has 1 saturated carbocycles. The molecule has 1 aliphatic carbocycles. The molecule has 0 unspecified atom stereocenters. The molecule has 1 aliphatic heterocycles. The first kappa shape index (κ1) is 28.1. The van der Waals surface area contributed by atoms with Crippen LogP contribution < -0.4 is 0 Å². The van der Waals surface area contributed by atoms with Gasteiger partial charge in [0.25, 0.3) is 0 Å². The molecule has 34 heavy (non-hydrogen) atoms. The molecule has 2 rings (SSSR count). The van der Waals surface area contributed by atoms with Crippen LogP contribution >= 0.6 is 0 Å². The highest BCUT2D eigenvalue weighted by atomic mass is 16.5. The molecule has 1 heterocycles. The monoisotopic (exact) mass is 475 g/mol. The van der Waals surface area contributed by atoms with Crippen LogP contribution in [0.5, 0.6) is 0 Å². The second-order valence-electron chi connectivity index (χ2n) is 10.7. The van der Waals surface area contributed by atoms with Gasteiger partial charge in [-0.05, 0) is 61.9 Å². The molecule has 9 atom stereocenters. The van der Waals surface area contributed by atoms with Crippen LogP contribution in [0.4, 0.5) is 0 Å². The molecule has 0 amide bonds. The van der Waals surface area contributed by atoms with Crippen molar-refractivity contribution in [1.29, 1.82) is 5.26 Å². The number of aliphatic carboxylic acids is 1. The molecule has 0 radical (unpaired) electrons. The van der Waals surface area contributed by atoms with E-state index in [1.165, 1.54) is 0 Å². The summed E-state index contributed by atoms with van der Waals surface area (Å²) in [5, 5.41) is 40.3. The number of carbonyl (C=O) groups excluding carboxylic acids is 1. The van der Waals surface area contributed by atoms with Crippen molar-refractivity contribution in [2.75, 3.05) is 0 Å². The van der Waals surface area contributed by atoms with Crippen LogP contribution in [0, 0.1) is 46.8 Å². The van der Waals surface area contributed by atoms with Gasteiger partial charge in [0.2, 0.25) is 0 Å². The topological polar surface area (TPSA) is 128 Å². The van der Waals surface area contributed by atoms with E-state index in [0.29, 0.717) is 31.1 Å². The molecule has 2 aliphatic rings. The van der Waals surface area contributed by atoms with Crippen LogP contribution in [0.3, 0.4) is 0 Å². The second-order valence-corrected chi connectivity index (χ2v) is 10.7. The number of nitriles is 1. The van der Waals surface area contributed by atoms with Gasteiger partial charge in [-0.25, -0.2) is 0 Å². The van der Waals surface area contributed by atoms with E-state index in [9.17, 15) is 30.2 Å². The number of rotatable bonds is 2. The van der Waals surface area contributed by atoms with Crippen LogP contribution in [0.15, 0.2) is 23.8 Å². The Morgan fingerprint density at radius 1 is 1.06 bits per heavy atom. The number of carbonyl (C=O) groups is 2. The fraction of sp³-hybridized carbons (Fsp3) is 0.741. The Morgan fingerprint density at radius 2 is 1.71 bits per heavy atom. The molecule has 0 aromatic rings. The smallest absolute Gasteiger partial charge is 0.308 e. The Kier molecular flexibility index (Phi) is 10.8. The molecular weight excluding hydrogens is 434 g/mol. The first-order valence-electron chi connectivity index (χ1n) is 12.6. The number of carboxylic acid groups (broad SMARTS) is 1. The van der Waals surface area contributed by atoms with Crippen molar-refractivity contribution in [1.82, 2.24) is 0 Å². The minimum atomic E-state index is -0.892. The van der Waals surface area contributed by atoms with Crippen LogP contribution in [-0.4, -0.2) is 45.6 Å². The van der Waals surface area contributed by atoms with Gasteiger partial charge in [-0.2, -0.15) is 5.26 Å². The molecule has 7 heteroatoms. The highest BCUT2D eigenvalue weighted by Crippen LogP contribution is 2.40. The Morgan fingerprint density at radius 3 is 2.26 bits per heavy atom. The number of carboxylic acids is 1. The zero-order valence-electron chi connectivity index (χ0n) is 20.9.